The topological polar surface area (TPSA) is 63.3 Å². The molecule has 3 nitrogen and oxygen atoms in total. The molecule has 0 amide bonds. The van der Waals surface area contributed by atoms with Gasteiger partial charge in [-0.1, -0.05) is 12.2 Å². The van der Waals surface area contributed by atoms with Crippen LogP contribution in [-0.2, 0) is 4.79 Å². The molecule has 0 saturated heterocycles. The van der Waals surface area contributed by atoms with E-state index in [4.69, 9.17) is 10.8 Å². The Morgan fingerprint density at radius 2 is 2.45 bits per heavy atom. The number of aliphatic carboxylic acids is 1. The van der Waals surface area contributed by atoms with E-state index in [1.165, 1.54) is 0 Å². The molecule has 0 radical (unpaired) electrons. The molecule has 0 bridgehead atoms. The van der Waals surface area contributed by atoms with Gasteiger partial charge in [0.15, 0.2) is 0 Å². The van der Waals surface area contributed by atoms with E-state index in [9.17, 15) is 4.79 Å². The summed E-state index contributed by atoms with van der Waals surface area (Å²) in [5.74, 6) is -0.903. The van der Waals surface area contributed by atoms with Gasteiger partial charge in [0.25, 0.3) is 0 Å². The Morgan fingerprint density at radius 3 is 2.82 bits per heavy atom. The Labute approximate surface area is 65.2 Å². The first-order valence-electron chi connectivity index (χ1n) is 3.49. The largest absolute Gasteiger partial charge is 0.478 e. The predicted molar refractivity (Wildman–Crippen MR) is 42.1 cm³/mol. The maximum Gasteiger partial charge on any atom is 0.333 e. The van der Waals surface area contributed by atoms with E-state index in [2.05, 4.69) is 0 Å². The van der Waals surface area contributed by atoms with Gasteiger partial charge in [0.05, 0.1) is 5.57 Å². The maximum absolute atomic E-state index is 10.6. The molecule has 0 fully saturated rings. The minimum atomic E-state index is -0.903. The zero-order chi connectivity index (χ0) is 8.43. The SMILES string of the molecule is CC1=C(C(=O)O)C(N)CC=C1. The molecule has 3 N–H and O–H groups in total. The van der Waals surface area contributed by atoms with Crippen molar-refractivity contribution in [2.24, 2.45) is 5.73 Å². The maximum atomic E-state index is 10.6. The smallest absolute Gasteiger partial charge is 0.333 e. The Kier molecular flexibility index (Phi) is 2.10. The molecule has 1 unspecified atom stereocenters. The summed E-state index contributed by atoms with van der Waals surface area (Å²) < 4.78 is 0. The molecule has 11 heavy (non-hydrogen) atoms. The third kappa shape index (κ3) is 1.49. The van der Waals surface area contributed by atoms with Crippen molar-refractivity contribution in [1.29, 1.82) is 0 Å². The van der Waals surface area contributed by atoms with Gasteiger partial charge in [0, 0.05) is 6.04 Å². The number of hydrogen-bond donors (Lipinski definition) is 2. The second-order valence-corrected chi connectivity index (χ2v) is 2.65. The van der Waals surface area contributed by atoms with Crippen LogP contribution in [0, 0.1) is 0 Å². The number of hydrogen-bond acceptors (Lipinski definition) is 2. The van der Waals surface area contributed by atoms with Crippen LogP contribution >= 0.6 is 0 Å². The molecular formula is C8H11NO2. The summed E-state index contributed by atoms with van der Waals surface area (Å²) in [6, 6.07) is -0.336. The molecule has 0 spiro atoms. The number of carbonyl (C=O) groups is 1. The Bertz CT molecular complexity index is 240. The molecular weight excluding hydrogens is 142 g/mol. The van der Waals surface area contributed by atoms with Gasteiger partial charge < -0.3 is 10.8 Å². The number of allylic oxidation sites excluding steroid dienone is 2. The monoisotopic (exact) mass is 153 g/mol. The molecule has 0 aliphatic heterocycles. The quantitative estimate of drug-likeness (QED) is 0.582. The first-order valence-corrected chi connectivity index (χ1v) is 3.49. The summed E-state index contributed by atoms with van der Waals surface area (Å²) >= 11 is 0. The van der Waals surface area contributed by atoms with Crippen molar-refractivity contribution in [2.45, 2.75) is 19.4 Å². The fraction of sp³-hybridized carbons (Fsp3) is 0.375. The third-order valence-electron chi connectivity index (χ3n) is 1.78. The number of rotatable bonds is 1. The fourth-order valence-electron chi connectivity index (χ4n) is 1.22. The highest BCUT2D eigenvalue weighted by atomic mass is 16.4. The summed E-state index contributed by atoms with van der Waals surface area (Å²) in [7, 11) is 0. The van der Waals surface area contributed by atoms with E-state index >= 15 is 0 Å². The van der Waals surface area contributed by atoms with Crippen LogP contribution in [0.3, 0.4) is 0 Å². The van der Waals surface area contributed by atoms with Crippen LogP contribution in [0.4, 0.5) is 0 Å². The van der Waals surface area contributed by atoms with Crippen LogP contribution in [0.5, 0.6) is 0 Å². The van der Waals surface area contributed by atoms with Crippen molar-refractivity contribution < 1.29 is 9.90 Å². The molecule has 0 aromatic rings. The highest BCUT2D eigenvalue weighted by Crippen LogP contribution is 2.17. The van der Waals surface area contributed by atoms with Crippen molar-refractivity contribution in [3.05, 3.63) is 23.3 Å². The highest BCUT2D eigenvalue weighted by Gasteiger charge is 2.19. The summed E-state index contributed by atoms with van der Waals surface area (Å²) in [5, 5.41) is 8.71. The summed E-state index contributed by atoms with van der Waals surface area (Å²) in [5.41, 5.74) is 6.68. The second-order valence-electron chi connectivity index (χ2n) is 2.65. The summed E-state index contributed by atoms with van der Waals surface area (Å²) in [4.78, 5) is 10.6. The van der Waals surface area contributed by atoms with Crippen LogP contribution in [-0.4, -0.2) is 17.1 Å². The zero-order valence-corrected chi connectivity index (χ0v) is 6.37. The molecule has 1 aliphatic rings. The van der Waals surface area contributed by atoms with Crippen LogP contribution in [0.25, 0.3) is 0 Å². The van der Waals surface area contributed by atoms with Crippen LogP contribution in [0.2, 0.25) is 0 Å². The molecule has 0 aromatic heterocycles. The average Bonchev–Trinajstić information content (AvgIpc) is 1.85. The van der Waals surface area contributed by atoms with Crippen LogP contribution in [0.1, 0.15) is 13.3 Å². The van der Waals surface area contributed by atoms with Gasteiger partial charge in [-0.15, -0.1) is 0 Å². The van der Waals surface area contributed by atoms with Crippen molar-refractivity contribution in [3.63, 3.8) is 0 Å². The Morgan fingerprint density at radius 1 is 1.82 bits per heavy atom. The van der Waals surface area contributed by atoms with Gasteiger partial charge in [0.2, 0.25) is 0 Å². The molecule has 0 heterocycles. The normalized spacial score (nSPS) is 24.0. The van der Waals surface area contributed by atoms with Gasteiger partial charge in [0.1, 0.15) is 0 Å². The predicted octanol–water partition coefficient (Wildman–Crippen LogP) is 0.675. The zero-order valence-electron chi connectivity index (χ0n) is 6.37. The Hall–Kier alpha value is -1.09. The van der Waals surface area contributed by atoms with Gasteiger partial charge in [-0.05, 0) is 18.9 Å². The molecule has 60 valence electrons. The van der Waals surface area contributed by atoms with Crippen molar-refractivity contribution in [3.8, 4) is 0 Å². The van der Waals surface area contributed by atoms with E-state index in [-0.39, 0.29) is 6.04 Å². The third-order valence-corrected chi connectivity index (χ3v) is 1.78. The van der Waals surface area contributed by atoms with Crippen LogP contribution < -0.4 is 5.73 Å². The lowest BCUT2D eigenvalue weighted by Crippen LogP contribution is -2.29. The molecule has 0 saturated carbocycles. The van der Waals surface area contributed by atoms with Gasteiger partial charge in [-0.2, -0.15) is 0 Å². The Balaban J connectivity index is 3.01. The fourth-order valence-corrected chi connectivity index (χ4v) is 1.22. The van der Waals surface area contributed by atoms with Crippen molar-refractivity contribution in [2.75, 3.05) is 0 Å². The van der Waals surface area contributed by atoms with Gasteiger partial charge in [-0.25, -0.2) is 4.79 Å². The van der Waals surface area contributed by atoms with Gasteiger partial charge in [-0.3, -0.25) is 0 Å². The van der Waals surface area contributed by atoms with Crippen molar-refractivity contribution in [1.82, 2.24) is 0 Å². The lowest BCUT2D eigenvalue weighted by molar-refractivity contribution is -0.133. The summed E-state index contributed by atoms with van der Waals surface area (Å²) in [6.45, 7) is 1.76. The number of carboxylic acids is 1. The van der Waals surface area contributed by atoms with E-state index in [0.29, 0.717) is 12.0 Å². The molecule has 0 aromatic carbocycles. The lowest BCUT2D eigenvalue weighted by Gasteiger charge is -2.16. The van der Waals surface area contributed by atoms with Crippen molar-refractivity contribution >= 4 is 5.97 Å². The first-order chi connectivity index (χ1) is 5.13. The first kappa shape index (κ1) is 8.01. The highest BCUT2D eigenvalue weighted by molar-refractivity contribution is 5.89. The molecule has 3 heteroatoms. The molecule has 1 atom stereocenters. The summed E-state index contributed by atoms with van der Waals surface area (Å²) in [6.07, 6.45) is 4.32. The van der Waals surface area contributed by atoms with E-state index in [1.807, 2.05) is 6.08 Å². The molecule has 1 aliphatic carbocycles. The van der Waals surface area contributed by atoms with Gasteiger partial charge >= 0.3 is 5.97 Å². The minimum absolute atomic E-state index is 0.336. The molecule has 1 rings (SSSR count). The van der Waals surface area contributed by atoms with E-state index in [0.717, 1.165) is 5.57 Å². The van der Waals surface area contributed by atoms with E-state index < -0.39 is 5.97 Å². The second kappa shape index (κ2) is 2.88. The number of carboxylic acid groups (broad SMARTS) is 1. The standard InChI is InChI=1S/C8H11NO2/c1-5-3-2-4-6(9)7(5)8(10)11/h2-3,6H,4,9H2,1H3,(H,10,11). The van der Waals surface area contributed by atoms with E-state index in [1.54, 1.807) is 13.0 Å². The average molecular weight is 153 g/mol. The number of nitrogens with two attached hydrogens (primary N) is 1. The lowest BCUT2D eigenvalue weighted by atomic mass is 9.94. The van der Waals surface area contributed by atoms with Crippen LogP contribution in [0.15, 0.2) is 23.3 Å². The minimum Gasteiger partial charge on any atom is -0.478 e.